The van der Waals surface area contributed by atoms with Crippen molar-refractivity contribution in [3.63, 3.8) is 0 Å². The molecule has 2 aliphatic rings. The average molecular weight is 569 g/mol. The van der Waals surface area contributed by atoms with E-state index in [1.54, 1.807) is 16.8 Å². The summed E-state index contributed by atoms with van der Waals surface area (Å²) in [5.74, 6) is 1.000. The molecule has 4 heterocycles. The van der Waals surface area contributed by atoms with Crippen molar-refractivity contribution < 1.29 is 23.4 Å². The van der Waals surface area contributed by atoms with E-state index in [1.165, 1.54) is 18.3 Å². The topological polar surface area (TPSA) is 120 Å². The summed E-state index contributed by atoms with van der Waals surface area (Å²) < 4.78 is 32.2. The first kappa shape index (κ1) is 28.7. The van der Waals surface area contributed by atoms with Gasteiger partial charge in [-0.3, -0.25) is 9.78 Å². The SMILES string of the molecule is CC(C)(C)OC(=O)NCC1CN(CCn2c(=O)cnc3ccc(F)cc32)CCC1NCc1cc2c(cn1)OCCO2. The van der Waals surface area contributed by atoms with Gasteiger partial charge >= 0.3 is 6.09 Å². The molecule has 2 unspecified atom stereocenters. The Hall–Kier alpha value is -3.77. The third-order valence-corrected chi connectivity index (χ3v) is 7.21. The fourth-order valence-corrected chi connectivity index (χ4v) is 5.24. The molecule has 0 radical (unpaired) electrons. The number of nitrogens with one attached hydrogen (secondary N) is 2. The highest BCUT2D eigenvalue weighted by Gasteiger charge is 2.30. The molecule has 0 spiro atoms. The van der Waals surface area contributed by atoms with Crippen LogP contribution < -0.4 is 25.7 Å². The number of piperidine rings is 1. The third kappa shape index (κ3) is 7.50. The van der Waals surface area contributed by atoms with E-state index in [1.807, 2.05) is 26.8 Å². The lowest BCUT2D eigenvalue weighted by Crippen LogP contribution is -2.53. The molecular weight excluding hydrogens is 531 g/mol. The number of amides is 1. The number of likely N-dealkylation sites (tertiary alicyclic amines) is 1. The predicted molar refractivity (Wildman–Crippen MR) is 151 cm³/mol. The molecule has 41 heavy (non-hydrogen) atoms. The van der Waals surface area contributed by atoms with Crippen LogP contribution in [-0.2, 0) is 17.8 Å². The second kappa shape index (κ2) is 12.4. The van der Waals surface area contributed by atoms with E-state index in [0.717, 1.165) is 18.7 Å². The minimum absolute atomic E-state index is 0.0665. The molecule has 2 aromatic heterocycles. The van der Waals surface area contributed by atoms with E-state index >= 15 is 0 Å². The highest BCUT2D eigenvalue weighted by atomic mass is 19.1. The molecule has 1 amide bonds. The van der Waals surface area contributed by atoms with Crippen molar-refractivity contribution >= 4 is 17.1 Å². The summed E-state index contributed by atoms with van der Waals surface area (Å²) in [5, 5.41) is 6.54. The molecule has 5 rings (SSSR count). The molecule has 3 aromatic rings. The van der Waals surface area contributed by atoms with Crippen LogP contribution in [0.2, 0.25) is 0 Å². The van der Waals surface area contributed by atoms with E-state index in [9.17, 15) is 14.0 Å². The van der Waals surface area contributed by atoms with Crippen LogP contribution in [-0.4, -0.2) is 76.6 Å². The van der Waals surface area contributed by atoms with Crippen LogP contribution in [0.5, 0.6) is 11.5 Å². The Bertz CT molecular complexity index is 1440. The van der Waals surface area contributed by atoms with Gasteiger partial charge in [-0.25, -0.2) is 14.2 Å². The van der Waals surface area contributed by atoms with Gasteiger partial charge in [0.1, 0.15) is 24.6 Å². The molecule has 0 saturated carbocycles. The smallest absolute Gasteiger partial charge is 0.407 e. The van der Waals surface area contributed by atoms with Crippen LogP contribution in [0, 0.1) is 11.7 Å². The Morgan fingerprint density at radius 1 is 1.12 bits per heavy atom. The second-order valence-corrected chi connectivity index (χ2v) is 11.4. The molecule has 12 heteroatoms. The third-order valence-electron chi connectivity index (χ3n) is 7.21. The maximum Gasteiger partial charge on any atom is 0.407 e. The van der Waals surface area contributed by atoms with Crippen LogP contribution in [0.15, 0.2) is 41.5 Å². The highest BCUT2D eigenvalue weighted by Crippen LogP contribution is 2.29. The maximum absolute atomic E-state index is 13.9. The Morgan fingerprint density at radius 2 is 1.93 bits per heavy atom. The molecule has 1 fully saturated rings. The van der Waals surface area contributed by atoms with E-state index in [-0.39, 0.29) is 17.5 Å². The first-order valence-electron chi connectivity index (χ1n) is 14.0. The van der Waals surface area contributed by atoms with Gasteiger partial charge in [0.15, 0.2) is 11.5 Å². The van der Waals surface area contributed by atoms with Gasteiger partial charge in [0.05, 0.1) is 29.1 Å². The lowest BCUT2D eigenvalue weighted by atomic mass is 9.91. The van der Waals surface area contributed by atoms with E-state index in [4.69, 9.17) is 14.2 Å². The summed E-state index contributed by atoms with van der Waals surface area (Å²) in [5.41, 5.74) is 1.02. The zero-order valence-electron chi connectivity index (χ0n) is 23.7. The van der Waals surface area contributed by atoms with Crippen LogP contribution >= 0.6 is 0 Å². The number of halogens is 1. The predicted octanol–water partition coefficient (Wildman–Crippen LogP) is 2.71. The van der Waals surface area contributed by atoms with Crippen molar-refractivity contribution in [3.05, 3.63) is 58.5 Å². The van der Waals surface area contributed by atoms with Gasteiger partial charge in [-0.05, 0) is 51.9 Å². The van der Waals surface area contributed by atoms with Crippen molar-refractivity contribution in [3.8, 4) is 11.5 Å². The molecule has 1 aromatic carbocycles. The summed E-state index contributed by atoms with van der Waals surface area (Å²) in [6, 6.07) is 6.26. The Kier molecular flexibility index (Phi) is 8.69. The van der Waals surface area contributed by atoms with Crippen molar-refractivity contribution in [2.45, 2.75) is 51.9 Å². The molecule has 2 atom stereocenters. The van der Waals surface area contributed by atoms with E-state index < -0.39 is 17.5 Å². The summed E-state index contributed by atoms with van der Waals surface area (Å²) in [4.78, 5) is 35.9. The number of aromatic nitrogens is 3. The van der Waals surface area contributed by atoms with Crippen LogP contribution in [0.1, 0.15) is 32.9 Å². The second-order valence-electron chi connectivity index (χ2n) is 11.4. The minimum atomic E-state index is -0.593. The number of benzene rings is 1. The van der Waals surface area contributed by atoms with Gasteiger partial charge in [0.25, 0.3) is 5.56 Å². The number of alkyl carbamates (subject to hydrolysis) is 1. The maximum atomic E-state index is 13.9. The first-order valence-corrected chi connectivity index (χ1v) is 14.0. The molecule has 11 nitrogen and oxygen atoms in total. The lowest BCUT2D eigenvalue weighted by Gasteiger charge is -2.39. The van der Waals surface area contributed by atoms with Crippen LogP contribution in [0.25, 0.3) is 11.0 Å². The summed E-state index contributed by atoms with van der Waals surface area (Å²) >= 11 is 0. The van der Waals surface area contributed by atoms with Crippen molar-refractivity contribution in [1.29, 1.82) is 0 Å². The Morgan fingerprint density at radius 3 is 2.73 bits per heavy atom. The molecule has 1 saturated heterocycles. The zero-order valence-corrected chi connectivity index (χ0v) is 23.7. The summed E-state index contributed by atoms with van der Waals surface area (Å²) in [6.07, 6.45) is 3.33. The molecule has 220 valence electrons. The number of fused-ring (bicyclic) bond motifs is 2. The monoisotopic (exact) mass is 568 g/mol. The number of carbonyl (C=O) groups is 1. The number of ether oxygens (including phenoxy) is 3. The van der Waals surface area contributed by atoms with Crippen molar-refractivity contribution in [2.75, 3.05) is 39.4 Å². The van der Waals surface area contributed by atoms with Crippen molar-refractivity contribution in [1.82, 2.24) is 30.1 Å². The Balaban J connectivity index is 1.25. The minimum Gasteiger partial charge on any atom is -0.486 e. The van der Waals surface area contributed by atoms with Crippen molar-refractivity contribution in [2.24, 2.45) is 5.92 Å². The van der Waals surface area contributed by atoms with Crippen LogP contribution in [0.3, 0.4) is 0 Å². The highest BCUT2D eigenvalue weighted by molar-refractivity contribution is 5.74. The van der Waals surface area contributed by atoms with Gasteiger partial charge in [-0.1, -0.05) is 0 Å². The molecule has 0 aliphatic carbocycles. The zero-order chi connectivity index (χ0) is 29.0. The lowest BCUT2D eigenvalue weighted by molar-refractivity contribution is 0.0495. The fraction of sp³-hybridized carbons (Fsp3) is 0.517. The fourth-order valence-electron chi connectivity index (χ4n) is 5.24. The number of hydrogen-bond acceptors (Lipinski definition) is 9. The summed E-state index contributed by atoms with van der Waals surface area (Å²) in [6.45, 7) is 9.94. The van der Waals surface area contributed by atoms with Gasteiger partial charge in [0, 0.05) is 50.7 Å². The van der Waals surface area contributed by atoms with Crippen LogP contribution in [0.4, 0.5) is 9.18 Å². The summed E-state index contributed by atoms with van der Waals surface area (Å²) in [7, 11) is 0. The molecule has 2 aliphatic heterocycles. The Labute approximate surface area is 238 Å². The number of pyridine rings is 1. The molecular formula is C29H37FN6O5. The number of hydrogen-bond donors (Lipinski definition) is 2. The number of carbonyl (C=O) groups excluding carboxylic acids is 1. The first-order chi connectivity index (χ1) is 19.6. The van der Waals surface area contributed by atoms with Gasteiger partial charge in [-0.15, -0.1) is 0 Å². The standard InChI is InChI=1S/C29H37FN6O5/c1-29(2,3)41-28(38)34-14-19-18-35(8-9-36-24-12-20(30)4-5-23(24)33-17-27(36)37)7-6-22(19)32-15-21-13-25-26(16-31-21)40-11-10-39-25/h4-5,12-13,16-17,19,22,32H,6-11,14-15,18H2,1-3H3,(H,34,38). The number of nitrogens with zero attached hydrogens (tertiary/aromatic N) is 4. The normalized spacial score (nSPS) is 19.2. The average Bonchev–Trinajstić information content (AvgIpc) is 2.94. The van der Waals surface area contributed by atoms with E-state index in [2.05, 4.69) is 25.5 Å². The van der Waals surface area contributed by atoms with Gasteiger partial charge in [0.2, 0.25) is 0 Å². The molecule has 2 N–H and O–H groups in total. The van der Waals surface area contributed by atoms with E-state index in [0.29, 0.717) is 68.5 Å². The number of rotatable bonds is 8. The van der Waals surface area contributed by atoms with Gasteiger partial charge < -0.3 is 34.3 Å². The quantitative estimate of drug-likeness (QED) is 0.423. The van der Waals surface area contributed by atoms with Gasteiger partial charge in [-0.2, -0.15) is 0 Å². The largest absolute Gasteiger partial charge is 0.486 e. The molecule has 0 bridgehead atoms.